The van der Waals surface area contributed by atoms with Crippen molar-refractivity contribution < 1.29 is 27.8 Å². The van der Waals surface area contributed by atoms with Gasteiger partial charge in [-0.2, -0.15) is 5.10 Å². The smallest absolute Gasteiger partial charge is 0.243 e. The van der Waals surface area contributed by atoms with Gasteiger partial charge in [-0.05, 0) is 12.1 Å². The molecule has 4 heterocycles. The molecule has 1 fully saturated rings. The summed E-state index contributed by atoms with van der Waals surface area (Å²) in [5.41, 5.74) is 0.818. The number of methoxy groups -OCH3 is 2. The largest absolute Gasteiger partial charge is 0.494 e. The van der Waals surface area contributed by atoms with Gasteiger partial charge in [-0.25, -0.2) is 23.7 Å². The number of amides is 1. The number of ether oxygens (including phenoxy) is 3. The number of aryl methyl sites for hydroxylation is 1. The highest BCUT2D eigenvalue weighted by atomic mass is 19.1. The Hall–Kier alpha value is -4.85. The van der Waals surface area contributed by atoms with Crippen LogP contribution in [0.5, 0.6) is 11.5 Å². The van der Waals surface area contributed by atoms with Gasteiger partial charge in [-0.3, -0.25) is 9.48 Å². The number of carbonyl (C=O) groups excluding carboxylic acids is 1. The zero-order valence-corrected chi connectivity index (χ0v) is 22.6. The number of benzene rings is 1. The third-order valence-corrected chi connectivity index (χ3v) is 6.52. The van der Waals surface area contributed by atoms with Crippen LogP contribution in [0.2, 0.25) is 0 Å². The first-order chi connectivity index (χ1) is 19.8. The number of hydrogen-bond acceptors (Lipinski definition) is 10. The maximum absolute atomic E-state index is 15.4. The average Bonchev–Trinajstić information content (AvgIpc) is 3.59. The van der Waals surface area contributed by atoms with Gasteiger partial charge in [0.05, 0.1) is 57.0 Å². The second kappa shape index (κ2) is 11.7. The molecule has 0 saturated carbocycles. The van der Waals surface area contributed by atoms with Crippen molar-refractivity contribution in [1.82, 2.24) is 30.0 Å². The zero-order valence-electron chi connectivity index (χ0n) is 22.6. The zero-order chi connectivity index (χ0) is 29.1. The first-order valence-corrected chi connectivity index (χ1v) is 12.6. The molecular formula is C27H28F2N8O4. The van der Waals surface area contributed by atoms with E-state index in [2.05, 4.69) is 42.6 Å². The molecule has 14 heteroatoms. The summed E-state index contributed by atoms with van der Waals surface area (Å²) in [5.74, 6) is -2.06. The number of nitrogens with one attached hydrogen (secondary N) is 3. The Kier molecular flexibility index (Phi) is 7.92. The van der Waals surface area contributed by atoms with Gasteiger partial charge in [-0.1, -0.05) is 6.58 Å². The van der Waals surface area contributed by atoms with E-state index in [9.17, 15) is 4.79 Å². The van der Waals surface area contributed by atoms with E-state index >= 15 is 8.78 Å². The van der Waals surface area contributed by atoms with Crippen LogP contribution in [0.1, 0.15) is 5.56 Å². The number of carbonyl (C=O) groups is 1. The van der Waals surface area contributed by atoms with Crippen molar-refractivity contribution in [2.24, 2.45) is 7.05 Å². The molecule has 0 unspecified atom stereocenters. The topological polar surface area (TPSA) is 137 Å². The molecule has 41 heavy (non-hydrogen) atoms. The fraction of sp³-hybridized carbons (Fsp3) is 0.296. The minimum absolute atomic E-state index is 0.0147. The van der Waals surface area contributed by atoms with Crippen molar-refractivity contribution in [1.29, 1.82) is 0 Å². The summed E-state index contributed by atoms with van der Waals surface area (Å²) in [6.45, 7) is 4.42. The van der Waals surface area contributed by atoms with Crippen molar-refractivity contribution in [3.05, 3.63) is 60.6 Å². The Morgan fingerprint density at radius 3 is 2.54 bits per heavy atom. The lowest BCUT2D eigenvalue weighted by Crippen LogP contribution is -2.45. The molecule has 12 nitrogen and oxygen atoms in total. The van der Waals surface area contributed by atoms with E-state index in [4.69, 9.17) is 14.2 Å². The van der Waals surface area contributed by atoms with Gasteiger partial charge in [0.1, 0.15) is 5.52 Å². The van der Waals surface area contributed by atoms with Gasteiger partial charge < -0.3 is 30.2 Å². The number of nitrogens with zero attached hydrogens (tertiary/aromatic N) is 5. The summed E-state index contributed by atoms with van der Waals surface area (Å²) >= 11 is 0. The lowest BCUT2D eigenvalue weighted by atomic mass is 10.1. The lowest BCUT2D eigenvalue weighted by molar-refractivity contribution is -0.117. The summed E-state index contributed by atoms with van der Waals surface area (Å²) in [6.07, 6.45) is 6.22. The van der Waals surface area contributed by atoms with Crippen LogP contribution in [0.25, 0.3) is 22.2 Å². The standard InChI is InChI=1S/C27H28F2N8O4/c1-5-21(38)33-17-12-41-13-18(17)35-27-31-10-15-6-16(22-23(28)19(39-3)7-20(40-4)24(22)29)34-26(25(15)36-27)30-8-14-9-32-37(2)11-14/h5-7,9-11,17-18H,1,8,12-13H2,2-4H3,(H,30,34)(H,33,38)(H,31,35,36)/t17-,18+/m0/s1. The fourth-order valence-electron chi connectivity index (χ4n) is 4.47. The number of pyridine rings is 1. The SMILES string of the molecule is C=CC(=O)N[C@H]1COC[C@H]1Nc1ncc2cc(-c3c(F)c(OC)cc(OC)c3F)nc(NCc3cnn(C)c3)c2n1. The van der Waals surface area contributed by atoms with Gasteiger partial charge in [0.25, 0.3) is 0 Å². The molecule has 214 valence electrons. The van der Waals surface area contributed by atoms with Gasteiger partial charge in [0.15, 0.2) is 29.0 Å². The summed E-state index contributed by atoms with van der Waals surface area (Å²) in [7, 11) is 4.35. The molecule has 0 radical (unpaired) electrons. The van der Waals surface area contributed by atoms with Crippen LogP contribution in [0.3, 0.4) is 0 Å². The van der Waals surface area contributed by atoms with Gasteiger partial charge in [0, 0.05) is 43.0 Å². The highest BCUT2D eigenvalue weighted by Gasteiger charge is 2.30. The molecular weight excluding hydrogens is 538 g/mol. The van der Waals surface area contributed by atoms with Crippen molar-refractivity contribution in [3.63, 3.8) is 0 Å². The van der Waals surface area contributed by atoms with E-state index in [1.165, 1.54) is 32.6 Å². The molecule has 3 aromatic heterocycles. The monoisotopic (exact) mass is 566 g/mol. The molecule has 5 rings (SSSR count). The maximum atomic E-state index is 15.4. The quantitative estimate of drug-likeness (QED) is 0.246. The van der Waals surface area contributed by atoms with Crippen molar-refractivity contribution in [2.75, 3.05) is 38.1 Å². The van der Waals surface area contributed by atoms with Crippen molar-refractivity contribution in [2.45, 2.75) is 18.6 Å². The molecule has 0 spiro atoms. The Bertz CT molecular complexity index is 1580. The van der Waals surface area contributed by atoms with Crippen LogP contribution < -0.4 is 25.4 Å². The third-order valence-electron chi connectivity index (χ3n) is 6.52. The average molecular weight is 567 g/mol. The molecule has 0 aliphatic carbocycles. The molecule has 2 atom stereocenters. The highest BCUT2D eigenvalue weighted by molar-refractivity contribution is 5.92. The second-order valence-electron chi connectivity index (χ2n) is 9.25. The van der Waals surface area contributed by atoms with E-state index < -0.39 is 17.2 Å². The Labute approximate surface area is 233 Å². The normalized spacial score (nSPS) is 16.4. The molecule has 1 saturated heterocycles. The fourth-order valence-corrected chi connectivity index (χ4v) is 4.47. The molecule has 1 amide bonds. The van der Waals surface area contributed by atoms with Crippen molar-refractivity contribution >= 4 is 28.6 Å². The molecule has 3 N–H and O–H groups in total. The summed E-state index contributed by atoms with van der Waals surface area (Å²) in [5, 5.41) is 13.9. The third kappa shape index (κ3) is 5.72. The minimum Gasteiger partial charge on any atom is -0.494 e. The van der Waals surface area contributed by atoms with Gasteiger partial charge in [0.2, 0.25) is 11.9 Å². The predicted molar refractivity (Wildman–Crippen MR) is 147 cm³/mol. The Morgan fingerprint density at radius 1 is 1.15 bits per heavy atom. The first kappa shape index (κ1) is 27.7. The summed E-state index contributed by atoms with van der Waals surface area (Å²) in [6, 6.07) is 2.00. The van der Waals surface area contributed by atoms with Gasteiger partial charge in [-0.15, -0.1) is 0 Å². The number of halogens is 2. The maximum Gasteiger partial charge on any atom is 0.243 e. The molecule has 1 aliphatic rings. The lowest BCUT2D eigenvalue weighted by Gasteiger charge is -2.20. The van der Waals surface area contributed by atoms with Gasteiger partial charge >= 0.3 is 0 Å². The van der Waals surface area contributed by atoms with Crippen LogP contribution in [-0.2, 0) is 23.1 Å². The Balaban J connectivity index is 1.56. The van der Waals surface area contributed by atoms with E-state index in [0.29, 0.717) is 30.7 Å². The number of hydrogen-bond donors (Lipinski definition) is 3. The molecule has 1 aliphatic heterocycles. The van der Waals surface area contributed by atoms with Crippen LogP contribution in [0.15, 0.2) is 43.4 Å². The molecule has 0 bridgehead atoms. The van der Waals surface area contributed by atoms with Crippen LogP contribution in [0, 0.1) is 11.6 Å². The van der Waals surface area contributed by atoms with E-state index in [1.54, 1.807) is 17.9 Å². The summed E-state index contributed by atoms with van der Waals surface area (Å²) < 4.78 is 48.1. The highest BCUT2D eigenvalue weighted by Crippen LogP contribution is 2.38. The predicted octanol–water partition coefficient (Wildman–Crippen LogP) is 2.81. The van der Waals surface area contributed by atoms with Crippen LogP contribution in [-0.4, -0.2) is 70.2 Å². The number of fused-ring (bicyclic) bond motifs is 1. The van der Waals surface area contributed by atoms with Crippen molar-refractivity contribution in [3.8, 4) is 22.8 Å². The molecule has 4 aromatic rings. The van der Waals surface area contributed by atoms with Crippen LogP contribution >= 0.6 is 0 Å². The number of rotatable bonds is 10. The minimum atomic E-state index is -0.927. The summed E-state index contributed by atoms with van der Waals surface area (Å²) in [4.78, 5) is 25.4. The number of aromatic nitrogens is 5. The number of anilines is 2. The van der Waals surface area contributed by atoms with E-state index in [1.807, 2.05) is 6.20 Å². The van der Waals surface area contributed by atoms with E-state index in [0.717, 1.165) is 11.6 Å². The second-order valence-corrected chi connectivity index (χ2v) is 9.25. The van der Waals surface area contributed by atoms with Crippen LogP contribution in [0.4, 0.5) is 20.5 Å². The Morgan fingerprint density at radius 2 is 1.88 bits per heavy atom. The molecule has 1 aromatic carbocycles. The first-order valence-electron chi connectivity index (χ1n) is 12.6. The van der Waals surface area contributed by atoms with E-state index in [-0.39, 0.29) is 47.0 Å².